The average Bonchev–Trinajstić information content (AvgIpc) is 2.18. The molecule has 0 amide bonds. The van der Waals surface area contributed by atoms with Gasteiger partial charge < -0.3 is 10.5 Å². The van der Waals surface area contributed by atoms with Gasteiger partial charge in [-0.15, -0.1) is 13.2 Å². The van der Waals surface area contributed by atoms with Crippen molar-refractivity contribution in [2.75, 3.05) is 0 Å². The van der Waals surface area contributed by atoms with E-state index in [0.29, 0.717) is 0 Å². The molecule has 96 valence electrons. The molecular formula is C8H6F5IN2O. The predicted octanol–water partition coefficient (Wildman–Crippen LogP) is 2.98. The van der Waals surface area contributed by atoms with Crippen molar-refractivity contribution in [1.29, 1.82) is 0 Å². The predicted molar refractivity (Wildman–Crippen MR) is 56.5 cm³/mol. The lowest BCUT2D eigenvalue weighted by molar-refractivity contribution is -0.275. The van der Waals surface area contributed by atoms with E-state index in [-0.39, 0.29) is 15.8 Å². The minimum Gasteiger partial charge on any atom is -0.405 e. The molecule has 0 saturated carbocycles. The summed E-state index contributed by atoms with van der Waals surface area (Å²) >= 11 is 1.32. The van der Waals surface area contributed by atoms with Gasteiger partial charge in [0.2, 0.25) is 0 Å². The Bertz CT molecular complexity index is 410. The maximum absolute atomic E-state index is 12.5. The Morgan fingerprint density at radius 3 is 2.41 bits per heavy atom. The summed E-state index contributed by atoms with van der Waals surface area (Å²) in [5, 5.41) is 0. The van der Waals surface area contributed by atoms with Gasteiger partial charge in [0.1, 0.15) is 11.4 Å². The Kier molecular flexibility index (Phi) is 4.47. The second kappa shape index (κ2) is 5.29. The van der Waals surface area contributed by atoms with Crippen LogP contribution in [0.15, 0.2) is 6.07 Å². The van der Waals surface area contributed by atoms with Crippen LogP contribution < -0.4 is 10.5 Å². The Morgan fingerprint density at radius 1 is 1.41 bits per heavy atom. The number of alkyl halides is 5. The highest BCUT2D eigenvalue weighted by atomic mass is 127. The summed E-state index contributed by atoms with van der Waals surface area (Å²) < 4.78 is 64.3. The zero-order valence-corrected chi connectivity index (χ0v) is 10.2. The van der Waals surface area contributed by atoms with E-state index in [9.17, 15) is 22.0 Å². The fourth-order valence-corrected chi connectivity index (χ4v) is 1.65. The Morgan fingerprint density at radius 2 is 2.00 bits per heavy atom. The fraction of sp³-hybridized carbons (Fsp3) is 0.375. The number of nitrogens with zero attached hydrogens (tertiary/aromatic N) is 1. The molecule has 0 saturated heterocycles. The third-order valence-electron chi connectivity index (χ3n) is 1.64. The van der Waals surface area contributed by atoms with Gasteiger partial charge in [0.05, 0.1) is 9.26 Å². The number of halogens is 6. The third-order valence-corrected chi connectivity index (χ3v) is 2.73. The van der Waals surface area contributed by atoms with Crippen molar-refractivity contribution in [3.8, 4) is 5.75 Å². The standard InChI is InChI=1S/C8H6F5IN2O/c9-7(10)6-5(14)4(17-8(11,12)13)1-3(2-15)16-6/h1,7H,2,15H2. The number of rotatable bonds is 3. The average molecular weight is 368 g/mol. The molecule has 0 aromatic carbocycles. The van der Waals surface area contributed by atoms with E-state index in [2.05, 4.69) is 9.72 Å². The molecule has 0 fully saturated rings. The first-order valence-corrected chi connectivity index (χ1v) is 5.25. The van der Waals surface area contributed by atoms with E-state index in [4.69, 9.17) is 5.73 Å². The first-order chi connectivity index (χ1) is 7.74. The molecule has 0 bridgehead atoms. The van der Waals surface area contributed by atoms with Gasteiger partial charge in [0, 0.05) is 12.6 Å². The van der Waals surface area contributed by atoms with E-state index in [0.717, 1.165) is 6.07 Å². The van der Waals surface area contributed by atoms with Crippen LogP contribution in [0.5, 0.6) is 5.75 Å². The molecule has 0 spiro atoms. The fourth-order valence-electron chi connectivity index (χ4n) is 1.03. The van der Waals surface area contributed by atoms with Crippen LogP contribution in [0.4, 0.5) is 22.0 Å². The van der Waals surface area contributed by atoms with Crippen LogP contribution >= 0.6 is 22.6 Å². The first-order valence-electron chi connectivity index (χ1n) is 4.18. The molecule has 0 aliphatic carbocycles. The Balaban J connectivity index is 3.24. The van der Waals surface area contributed by atoms with Gasteiger partial charge >= 0.3 is 6.36 Å². The van der Waals surface area contributed by atoms with Gasteiger partial charge in [-0.1, -0.05) is 0 Å². The van der Waals surface area contributed by atoms with Crippen molar-refractivity contribution < 1.29 is 26.7 Å². The molecule has 1 heterocycles. The van der Waals surface area contributed by atoms with Crippen LogP contribution in [0, 0.1) is 3.57 Å². The number of pyridine rings is 1. The number of ether oxygens (including phenoxy) is 1. The van der Waals surface area contributed by atoms with E-state index in [1.54, 1.807) is 0 Å². The molecule has 1 rings (SSSR count). The second-order valence-corrected chi connectivity index (χ2v) is 3.94. The molecule has 17 heavy (non-hydrogen) atoms. The maximum atomic E-state index is 12.5. The number of aromatic nitrogens is 1. The Hall–Kier alpha value is -0.710. The summed E-state index contributed by atoms with van der Waals surface area (Å²) in [5.41, 5.74) is 4.29. The molecule has 2 N–H and O–H groups in total. The van der Waals surface area contributed by atoms with E-state index >= 15 is 0 Å². The maximum Gasteiger partial charge on any atom is 0.573 e. The molecule has 0 radical (unpaired) electrons. The number of nitrogens with two attached hydrogens (primary N) is 1. The van der Waals surface area contributed by atoms with Crippen LogP contribution in [-0.2, 0) is 6.54 Å². The second-order valence-electron chi connectivity index (χ2n) is 2.86. The van der Waals surface area contributed by atoms with Gasteiger partial charge in [-0.2, -0.15) is 0 Å². The molecule has 1 aromatic heterocycles. The number of hydrogen-bond donors (Lipinski definition) is 1. The highest BCUT2D eigenvalue weighted by Gasteiger charge is 2.33. The van der Waals surface area contributed by atoms with Crippen LogP contribution in [-0.4, -0.2) is 11.3 Å². The molecule has 0 aliphatic rings. The zero-order chi connectivity index (χ0) is 13.2. The van der Waals surface area contributed by atoms with Crippen LogP contribution in [0.1, 0.15) is 17.8 Å². The van der Waals surface area contributed by atoms with Gasteiger partial charge in [-0.25, -0.2) is 13.8 Å². The van der Waals surface area contributed by atoms with E-state index in [1.165, 1.54) is 22.6 Å². The highest BCUT2D eigenvalue weighted by Crippen LogP contribution is 2.33. The van der Waals surface area contributed by atoms with Crippen molar-refractivity contribution in [3.05, 3.63) is 21.0 Å². The lowest BCUT2D eigenvalue weighted by Gasteiger charge is -2.14. The van der Waals surface area contributed by atoms with E-state index < -0.39 is 24.2 Å². The topological polar surface area (TPSA) is 48.1 Å². The normalized spacial score (nSPS) is 12.0. The molecule has 3 nitrogen and oxygen atoms in total. The largest absolute Gasteiger partial charge is 0.573 e. The van der Waals surface area contributed by atoms with Crippen LogP contribution in [0.2, 0.25) is 0 Å². The molecule has 1 aromatic rings. The minimum atomic E-state index is -4.95. The molecule has 0 aliphatic heterocycles. The van der Waals surface area contributed by atoms with Gasteiger partial charge in [0.25, 0.3) is 6.43 Å². The molecule has 0 unspecified atom stereocenters. The van der Waals surface area contributed by atoms with Crippen LogP contribution in [0.25, 0.3) is 0 Å². The summed E-state index contributed by atoms with van der Waals surface area (Å²) in [5.74, 6) is -0.719. The van der Waals surface area contributed by atoms with Gasteiger partial charge in [-0.05, 0) is 22.6 Å². The number of hydrogen-bond acceptors (Lipinski definition) is 3. The summed E-state index contributed by atoms with van der Waals surface area (Å²) in [6.45, 7) is -0.259. The lowest BCUT2D eigenvalue weighted by atomic mass is 10.3. The first kappa shape index (κ1) is 14.4. The third kappa shape index (κ3) is 3.91. The Labute approximate surface area is 106 Å². The molecular weight excluding hydrogens is 362 g/mol. The summed E-state index contributed by atoms with van der Waals surface area (Å²) in [7, 11) is 0. The highest BCUT2D eigenvalue weighted by molar-refractivity contribution is 14.1. The van der Waals surface area contributed by atoms with Crippen molar-refractivity contribution in [1.82, 2.24) is 4.98 Å². The van der Waals surface area contributed by atoms with E-state index in [1.807, 2.05) is 0 Å². The summed E-state index contributed by atoms with van der Waals surface area (Å²) in [4.78, 5) is 3.45. The van der Waals surface area contributed by atoms with Gasteiger partial charge in [0.15, 0.2) is 0 Å². The van der Waals surface area contributed by atoms with Crippen LogP contribution in [0.3, 0.4) is 0 Å². The zero-order valence-electron chi connectivity index (χ0n) is 8.06. The SMILES string of the molecule is NCc1cc(OC(F)(F)F)c(I)c(C(F)F)n1. The summed E-state index contributed by atoms with van der Waals surface area (Å²) in [6, 6.07) is 0.890. The van der Waals surface area contributed by atoms with Crippen molar-refractivity contribution in [3.63, 3.8) is 0 Å². The quantitative estimate of drug-likeness (QED) is 0.659. The van der Waals surface area contributed by atoms with Crippen molar-refractivity contribution in [2.24, 2.45) is 5.73 Å². The molecule has 9 heteroatoms. The monoisotopic (exact) mass is 368 g/mol. The smallest absolute Gasteiger partial charge is 0.405 e. The molecule has 0 atom stereocenters. The summed E-state index contributed by atoms with van der Waals surface area (Å²) in [6.07, 6.45) is -7.95. The van der Waals surface area contributed by atoms with Crippen molar-refractivity contribution >= 4 is 22.6 Å². The lowest BCUT2D eigenvalue weighted by Crippen LogP contribution is -2.19. The minimum absolute atomic E-state index is 0.0973. The van der Waals surface area contributed by atoms with Crippen molar-refractivity contribution in [2.45, 2.75) is 19.3 Å². The van der Waals surface area contributed by atoms with Gasteiger partial charge in [-0.3, -0.25) is 0 Å².